The molecular formula is C22H17N3O. The summed E-state index contributed by atoms with van der Waals surface area (Å²) in [6.45, 7) is 0. The van der Waals surface area contributed by atoms with Crippen molar-refractivity contribution in [3.05, 3.63) is 90.8 Å². The Labute approximate surface area is 151 Å². The van der Waals surface area contributed by atoms with Crippen molar-refractivity contribution in [3.63, 3.8) is 0 Å². The normalized spacial score (nSPS) is 10.6. The summed E-state index contributed by atoms with van der Waals surface area (Å²) >= 11 is 0. The zero-order valence-electron chi connectivity index (χ0n) is 14.0. The molecule has 0 aliphatic heterocycles. The quantitative estimate of drug-likeness (QED) is 0.574. The number of benzene rings is 2. The van der Waals surface area contributed by atoms with Crippen LogP contribution in [0.2, 0.25) is 0 Å². The standard InChI is InChI=1S/C22H17N3O/c23-22(26)18-9-5-4-8-17(18)19-14-20(15-10-12-24-13-11-15)25-21(19)16-6-2-1-3-7-16/h1-14,25H,(H2,23,26). The second-order valence-electron chi connectivity index (χ2n) is 5.98. The molecule has 4 aromatic rings. The van der Waals surface area contributed by atoms with Crippen molar-refractivity contribution in [2.24, 2.45) is 5.73 Å². The monoisotopic (exact) mass is 339 g/mol. The van der Waals surface area contributed by atoms with Crippen LogP contribution in [0.4, 0.5) is 0 Å². The molecule has 4 nitrogen and oxygen atoms in total. The summed E-state index contributed by atoms with van der Waals surface area (Å²) in [6.07, 6.45) is 3.52. The Kier molecular flexibility index (Phi) is 4.07. The van der Waals surface area contributed by atoms with Gasteiger partial charge >= 0.3 is 0 Å². The van der Waals surface area contributed by atoms with Gasteiger partial charge in [0.05, 0.1) is 5.69 Å². The molecule has 0 aliphatic rings. The zero-order valence-corrected chi connectivity index (χ0v) is 14.0. The van der Waals surface area contributed by atoms with Crippen LogP contribution in [-0.2, 0) is 0 Å². The molecule has 0 fully saturated rings. The van der Waals surface area contributed by atoms with Crippen molar-refractivity contribution in [1.82, 2.24) is 9.97 Å². The molecule has 0 radical (unpaired) electrons. The minimum absolute atomic E-state index is 0.439. The number of hydrogen-bond acceptors (Lipinski definition) is 2. The zero-order chi connectivity index (χ0) is 17.9. The number of rotatable bonds is 4. The molecule has 2 heterocycles. The van der Waals surface area contributed by atoms with Gasteiger partial charge in [0, 0.05) is 34.8 Å². The fraction of sp³-hybridized carbons (Fsp3) is 0. The number of aromatic nitrogens is 2. The minimum atomic E-state index is -0.439. The fourth-order valence-electron chi connectivity index (χ4n) is 3.12. The Bertz CT molecular complexity index is 1050. The number of H-pyrrole nitrogens is 1. The highest BCUT2D eigenvalue weighted by molar-refractivity contribution is 6.02. The smallest absolute Gasteiger partial charge is 0.249 e. The first-order valence-electron chi connectivity index (χ1n) is 8.32. The molecule has 0 bridgehead atoms. The lowest BCUT2D eigenvalue weighted by atomic mass is 9.96. The van der Waals surface area contributed by atoms with Crippen molar-refractivity contribution in [2.45, 2.75) is 0 Å². The molecule has 0 spiro atoms. The first-order chi connectivity index (χ1) is 12.7. The van der Waals surface area contributed by atoms with E-state index in [0.717, 1.165) is 33.6 Å². The first-order valence-corrected chi connectivity index (χ1v) is 8.32. The van der Waals surface area contributed by atoms with Crippen molar-refractivity contribution in [1.29, 1.82) is 0 Å². The summed E-state index contributed by atoms with van der Waals surface area (Å²) in [5.74, 6) is -0.439. The maximum absolute atomic E-state index is 11.9. The number of nitrogens with zero attached hydrogens (tertiary/aromatic N) is 1. The molecule has 1 amide bonds. The molecule has 0 atom stereocenters. The van der Waals surface area contributed by atoms with Gasteiger partial charge in [-0.3, -0.25) is 9.78 Å². The Hall–Kier alpha value is -3.66. The van der Waals surface area contributed by atoms with Gasteiger partial charge in [-0.15, -0.1) is 0 Å². The number of aromatic amines is 1. The van der Waals surface area contributed by atoms with Crippen LogP contribution in [0, 0.1) is 0 Å². The van der Waals surface area contributed by atoms with E-state index in [1.54, 1.807) is 18.5 Å². The maximum Gasteiger partial charge on any atom is 0.249 e. The second kappa shape index (κ2) is 6.69. The van der Waals surface area contributed by atoms with E-state index >= 15 is 0 Å². The largest absolute Gasteiger partial charge is 0.366 e. The van der Waals surface area contributed by atoms with Crippen molar-refractivity contribution >= 4 is 5.91 Å². The van der Waals surface area contributed by atoms with Gasteiger partial charge in [-0.1, -0.05) is 48.5 Å². The van der Waals surface area contributed by atoms with Crippen LogP contribution in [0.15, 0.2) is 85.2 Å². The van der Waals surface area contributed by atoms with Crippen molar-refractivity contribution in [2.75, 3.05) is 0 Å². The topological polar surface area (TPSA) is 71.8 Å². The van der Waals surface area contributed by atoms with Gasteiger partial charge in [-0.05, 0) is 35.4 Å². The summed E-state index contributed by atoms with van der Waals surface area (Å²) in [5, 5.41) is 0. The third-order valence-corrected chi connectivity index (χ3v) is 4.35. The van der Waals surface area contributed by atoms with Gasteiger partial charge in [0.25, 0.3) is 0 Å². The average molecular weight is 339 g/mol. The summed E-state index contributed by atoms with van der Waals surface area (Å²) < 4.78 is 0. The highest BCUT2D eigenvalue weighted by Gasteiger charge is 2.17. The van der Waals surface area contributed by atoms with Crippen LogP contribution in [0.1, 0.15) is 10.4 Å². The molecule has 2 aromatic heterocycles. The number of carbonyl (C=O) groups is 1. The highest BCUT2D eigenvalue weighted by atomic mass is 16.1. The van der Waals surface area contributed by atoms with E-state index in [1.165, 1.54) is 0 Å². The van der Waals surface area contributed by atoms with Gasteiger partial charge < -0.3 is 10.7 Å². The molecular weight excluding hydrogens is 322 g/mol. The third-order valence-electron chi connectivity index (χ3n) is 4.35. The lowest BCUT2D eigenvalue weighted by Gasteiger charge is -2.08. The number of pyridine rings is 1. The van der Waals surface area contributed by atoms with E-state index in [4.69, 9.17) is 5.73 Å². The Balaban J connectivity index is 1.97. The van der Waals surface area contributed by atoms with Gasteiger partial charge in [-0.2, -0.15) is 0 Å². The van der Waals surface area contributed by atoms with E-state index in [9.17, 15) is 4.79 Å². The van der Waals surface area contributed by atoms with Gasteiger partial charge in [-0.25, -0.2) is 0 Å². The lowest BCUT2D eigenvalue weighted by molar-refractivity contribution is 0.100. The summed E-state index contributed by atoms with van der Waals surface area (Å²) in [4.78, 5) is 19.5. The van der Waals surface area contributed by atoms with Gasteiger partial charge in [0.2, 0.25) is 5.91 Å². The number of nitrogens with two attached hydrogens (primary N) is 1. The Morgan fingerprint density at radius 1 is 0.808 bits per heavy atom. The molecule has 26 heavy (non-hydrogen) atoms. The van der Waals surface area contributed by atoms with E-state index in [2.05, 4.69) is 16.0 Å². The molecule has 0 aliphatic carbocycles. The highest BCUT2D eigenvalue weighted by Crippen LogP contribution is 2.37. The van der Waals surface area contributed by atoms with Crippen LogP contribution in [-0.4, -0.2) is 15.9 Å². The first kappa shape index (κ1) is 15.8. The van der Waals surface area contributed by atoms with Crippen LogP contribution in [0.25, 0.3) is 33.6 Å². The Morgan fingerprint density at radius 3 is 2.23 bits per heavy atom. The number of nitrogens with one attached hydrogen (secondary N) is 1. The molecule has 4 rings (SSSR count). The molecule has 126 valence electrons. The van der Waals surface area contributed by atoms with E-state index in [0.29, 0.717) is 5.56 Å². The van der Waals surface area contributed by atoms with Crippen LogP contribution in [0.5, 0.6) is 0 Å². The molecule has 0 saturated carbocycles. The van der Waals surface area contributed by atoms with E-state index in [1.807, 2.05) is 60.7 Å². The predicted molar refractivity (Wildman–Crippen MR) is 103 cm³/mol. The lowest BCUT2D eigenvalue weighted by Crippen LogP contribution is -2.12. The summed E-state index contributed by atoms with van der Waals surface area (Å²) in [6, 6.07) is 23.4. The number of carbonyl (C=O) groups excluding carboxylic acids is 1. The van der Waals surface area contributed by atoms with Crippen molar-refractivity contribution < 1.29 is 4.79 Å². The molecule has 2 aromatic carbocycles. The molecule has 3 N–H and O–H groups in total. The average Bonchev–Trinajstić information content (AvgIpc) is 3.14. The maximum atomic E-state index is 11.9. The van der Waals surface area contributed by atoms with E-state index < -0.39 is 5.91 Å². The Morgan fingerprint density at radius 2 is 1.50 bits per heavy atom. The van der Waals surface area contributed by atoms with Crippen molar-refractivity contribution in [3.8, 4) is 33.6 Å². The minimum Gasteiger partial charge on any atom is -0.366 e. The fourth-order valence-corrected chi connectivity index (χ4v) is 3.12. The number of hydrogen-bond donors (Lipinski definition) is 2. The van der Waals surface area contributed by atoms with Gasteiger partial charge in [0.15, 0.2) is 0 Å². The SMILES string of the molecule is NC(=O)c1ccccc1-c1cc(-c2ccncc2)[nH]c1-c1ccccc1. The second-order valence-corrected chi connectivity index (χ2v) is 5.98. The van der Waals surface area contributed by atoms with Crippen LogP contribution < -0.4 is 5.73 Å². The van der Waals surface area contributed by atoms with E-state index in [-0.39, 0.29) is 0 Å². The third kappa shape index (κ3) is 2.89. The predicted octanol–water partition coefficient (Wildman–Crippen LogP) is 4.51. The molecule has 0 saturated heterocycles. The molecule has 4 heteroatoms. The number of primary amides is 1. The molecule has 0 unspecified atom stereocenters. The van der Waals surface area contributed by atoms with Gasteiger partial charge in [0.1, 0.15) is 0 Å². The van der Waals surface area contributed by atoms with Crippen LogP contribution in [0.3, 0.4) is 0 Å². The number of amides is 1. The summed E-state index contributed by atoms with van der Waals surface area (Å²) in [5.41, 5.74) is 11.8. The van der Waals surface area contributed by atoms with Crippen LogP contribution >= 0.6 is 0 Å². The summed E-state index contributed by atoms with van der Waals surface area (Å²) in [7, 11) is 0.